The molecule has 3 rings (SSSR count). The van der Waals surface area contributed by atoms with E-state index in [4.69, 9.17) is 5.26 Å². The van der Waals surface area contributed by atoms with Gasteiger partial charge < -0.3 is 5.32 Å². The summed E-state index contributed by atoms with van der Waals surface area (Å²) in [5.74, 6) is -0.414. The number of rotatable bonds is 7. The van der Waals surface area contributed by atoms with Gasteiger partial charge in [0.2, 0.25) is 0 Å². The molecule has 0 saturated heterocycles. The van der Waals surface area contributed by atoms with Gasteiger partial charge in [0.15, 0.2) is 0 Å². The first kappa shape index (κ1) is 21.1. The number of carbonyl (C=O) groups is 1. The Morgan fingerprint density at radius 3 is 2.33 bits per heavy atom. The molecule has 6 nitrogen and oxygen atoms in total. The molecule has 0 saturated carbocycles. The second kappa shape index (κ2) is 9.25. The Kier molecular flexibility index (Phi) is 6.50. The van der Waals surface area contributed by atoms with Crippen LogP contribution in [0.5, 0.6) is 0 Å². The molecule has 0 aromatic heterocycles. The van der Waals surface area contributed by atoms with E-state index in [-0.39, 0.29) is 17.0 Å². The van der Waals surface area contributed by atoms with Gasteiger partial charge in [-0.3, -0.25) is 9.10 Å². The van der Waals surface area contributed by atoms with Crippen molar-refractivity contribution < 1.29 is 13.2 Å². The van der Waals surface area contributed by atoms with Crippen LogP contribution in [0.15, 0.2) is 83.8 Å². The third kappa shape index (κ3) is 4.67. The molecule has 0 spiro atoms. The third-order valence-electron chi connectivity index (χ3n) is 4.51. The largest absolute Gasteiger partial charge is 0.322 e. The number of anilines is 2. The highest BCUT2D eigenvalue weighted by molar-refractivity contribution is 7.92. The van der Waals surface area contributed by atoms with Gasteiger partial charge in [0.25, 0.3) is 15.9 Å². The number of carbonyl (C=O) groups excluding carboxylic acids is 1. The lowest BCUT2D eigenvalue weighted by Gasteiger charge is -2.23. The minimum Gasteiger partial charge on any atom is -0.322 e. The molecule has 7 heteroatoms. The standard InChI is InChI=1S/C23H21N3O3S/c1-2-26(21-8-4-3-5-9-21)30(28,29)22-10-6-7-19(17-22)23(27)25-20-13-11-18(12-14-20)15-16-24/h3-14,17H,2,15H2,1H3,(H,25,27). The zero-order valence-corrected chi connectivity index (χ0v) is 17.3. The normalized spacial score (nSPS) is 10.8. The van der Waals surface area contributed by atoms with E-state index in [2.05, 4.69) is 11.4 Å². The number of nitriles is 1. The quantitative estimate of drug-likeness (QED) is 0.621. The first-order valence-corrected chi connectivity index (χ1v) is 10.8. The summed E-state index contributed by atoms with van der Waals surface area (Å²) in [4.78, 5) is 12.7. The van der Waals surface area contributed by atoms with Crippen molar-refractivity contribution in [2.45, 2.75) is 18.2 Å². The molecular formula is C23H21N3O3S. The smallest absolute Gasteiger partial charge is 0.264 e. The number of para-hydroxylation sites is 1. The van der Waals surface area contributed by atoms with Gasteiger partial charge >= 0.3 is 0 Å². The summed E-state index contributed by atoms with van der Waals surface area (Å²) in [6, 6.07) is 23.8. The molecule has 1 N–H and O–H groups in total. The van der Waals surface area contributed by atoms with Crippen LogP contribution in [0.4, 0.5) is 11.4 Å². The van der Waals surface area contributed by atoms with Crippen molar-refractivity contribution in [3.8, 4) is 6.07 Å². The van der Waals surface area contributed by atoms with Gasteiger partial charge in [-0.05, 0) is 55.0 Å². The Hall–Kier alpha value is -3.63. The van der Waals surface area contributed by atoms with E-state index in [1.54, 1.807) is 67.6 Å². The number of nitrogens with one attached hydrogen (secondary N) is 1. The fourth-order valence-corrected chi connectivity index (χ4v) is 4.53. The Morgan fingerprint density at radius 2 is 1.70 bits per heavy atom. The molecule has 0 aliphatic carbocycles. The van der Waals surface area contributed by atoms with Crippen molar-refractivity contribution in [3.63, 3.8) is 0 Å². The van der Waals surface area contributed by atoms with Crippen molar-refractivity contribution in [1.82, 2.24) is 0 Å². The zero-order valence-electron chi connectivity index (χ0n) is 16.4. The summed E-state index contributed by atoms with van der Waals surface area (Å²) >= 11 is 0. The van der Waals surface area contributed by atoms with Crippen molar-refractivity contribution >= 4 is 27.3 Å². The Morgan fingerprint density at radius 1 is 1.00 bits per heavy atom. The molecule has 3 aromatic carbocycles. The van der Waals surface area contributed by atoms with Crippen molar-refractivity contribution in [2.75, 3.05) is 16.2 Å². The SMILES string of the molecule is CCN(c1ccccc1)S(=O)(=O)c1cccc(C(=O)Nc2ccc(CC#N)cc2)c1. The van der Waals surface area contributed by atoms with Gasteiger partial charge in [0, 0.05) is 17.8 Å². The highest BCUT2D eigenvalue weighted by Gasteiger charge is 2.24. The number of sulfonamides is 1. The predicted octanol–water partition coefficient (Wildman–Crippen LogP) is 4.22. The average molecular weight is 420 g/mol. The number of benzene rings is 3. The van der Waals surface area contributed by atoms with Gasteiger partial charge in [-0.1, -0.05) is 36.4 Å². The highest BCUT2D eigenvalue weighted by Crippen LogP contribution is 2.24. The summed E-state index contributed by atoms with van der Waals surface area (Å²) in [7, 11) is -3.82. The third-order valence-corrected chi connectivity index (χ3v) is 6.41. The van der Waals surface area contributed by atoms with Gasteiger partial charge in [0.1, 0.15) is 0 Å². The van der Waals surface area contributed by atoms with Crippen LogP contribution in [-0.2, 0) is 16.4 Å². The first-order valence-electron chi connectivity index (χ1n) is 9.41. The molecule has 3 aromatic rings. The minimum absolute atomic E-state index is 0.0465. The van der Waals surface area contributed by atoms with Gasteiger partial charge in [-0.15, -0.1) is 0 Å². The lowest BCUT2D eigenvalue weighted by atomic mass is 10.1. The number of hydrogen-bond donors (Lipinski definition) is 1. The maximum atomic E-state index is 13.2. The first-order chi connectivity index (χ1) is 14.5. The number of nitrogens with zero attached hydrogens (tertiary/aromatic N) is 2. The monoisotopic (exact) mass is 419 g/mol. The molecular weight excluding hydrogens is 398 g/mol. The fourth-order valence-electron chi connectivity index (χ4n) is 3.01. The highest BCUT2D eigenvalue weighted by atomic mass is 32.2. The second-order valence-electron chi connectivity index (χ2n) is 6.52. The minimum atomic E-state index is -3.82. The van der Waals surface area contributed by atoms with Gasteiger partial charge in [0.05, 0.1) is 23.1 Å². The summed E-state index contributed by atoms with van der Waals surface area (Å²) in [5.41, 5.74) is 2.21. The molecule has 152 valence electrons. The van der Waals surface area contributed by atoms with Crippen LogP contribution in [0.1, 0.15) is 22.8 Å². The maximum Gasteiger partial charge on any atom is 0.264 e. The molecule has 0 aliphatic heterocycles. The summed E-state index contributed by atoms with van der Waals surface area (Å²) < 4.78 is 27.6. The van der Waals surface area contributed by atoms with Crippen LogP contribution in [0.2, 0.25) is 0 Å². The molecule has 0 aliphatic rings. The van der Waals surface area contributed by atoms with E-state index < -0.39 is 15.9 Å². The predicted molar refractivity (Wildman–Crippen MR) is 117 cm³/mol. The summed E-state index contributed by atoms with van der Waals surface area (Å²) in [6.45, 7) is 2.02. The Bertz CT molecular complexity index is 1170. The van der Waals surface area contributed by atoms with E-state index in [9.17, 15) is 13.2 Å². The van der Waals surface area contributed by atoms with Crippen molar-refractivity contribution in [3.05, 3.63) is 90.0 Å². The Labute approximate surface area is 176 Å². The van der Waals surface area contributed by atoms with E-state index in [1.807, 2.05) is 6.07 Å². The van der Waals surface area contributed by atoms with Crippen LogP contribution in [-0.4, -0.2) is 20.9 Å². The van der Waals surface area contributed by atoms with Crippen LogP contribution in [0.25, 0.3) is 0 Å². The Balaban J connectivity index is 1.84. The van der Waals surface area contributed by atoms with E-state index in [0.717, 1.165) is 5.56 Å². The summed E-state index contributed by atoms with van der Waals surface area (Å²) in [6.07, 6.45) is 0.295. The van der Waals surface area contributed by atoms with Gasteiger partial charge in [-0.25, -0.2) is 8.42 Å². The summed E-state index contributed by atoms with van der Waals surface area (Å²) in [5, 5.41) is 11.5. The topological polar surface area (TPSA) is 90.3 Å². The second-order valence-corrected chi connectivity index (χ2v) is 8.38. The number of hydrogen-bond acceptors (Lipinski definition) is 4. The molecule has 0 unspecified atom stereocenters. The molecule has 0 bridgehead atoms. The van der Waals surface area contributed by atoms with Crippen LogP contribution in [0.3, 0.4) is 0 Å². The van der Waals surface area contributed by atoms with Crippen LogP contribution >= 0.6 is 0 Å². The molecule has 0 fully saturated rings. The molecule has 0 heterocycles. The zero-order chi connectivity index (χ0) is 21.6. The van der Waals surface area contributed by atoms with E-state index in [0.29, 0.717) is 17.8 Å². The van der Waals surface area contributed by atoms with E-state index >= 15 is 0 Å². The maximum absolute atomic E-state index is 13.2. The van der Waals surface area contributed by atoms with Gasteiger partial charge in [-0.2, -0.15) is 5.26 Å². The molecule has 1 amide bonds. The average Bonchev–Trinajstić information content (AvgIpc) is 2.76. The van der Waals surface area contributed by atoms with Crippen LogP contribution in [0, 0.1) is 11.3 Å². The lowest BCUT2D eigenvalue weighted by Crippen LogP contribution is -2.30. The van der Waals surface area contributed by atoms with Crippen molar-refractivity contribution in [2.24, 2.45) is 0 Å². The van der Waals surface area contributed by atoms with E-state index in [1.165, 1.54) is 16.4 Å². The van der Waals surface area contributed by atoms with Crippen molar-refractivity contribution in [1.29, 1.82) is 5.26 Å². The number of amides is 1. The molecule has 0 atom stereocenters. The van der Waals surface area contributed by atoms with Crippen LogP contribution < -0.4 is 9.62 Å². The molecule has 0 radical (unpaired) electrons. The lowest BCUT2D eigenvalue weighted by molar-refractivity contribution is 0.102. The fraction of sp³-hybridized carbons (Fsp3) is 0.130. The molecule has 30 heavy (non-hydrogen) atoms.